The Morgan fingerprint density at radius 2 is 2.33 bits per heavy atom. The van der Waals surface area contributed by atoms with Gasteiger partial charge in [-0.25, -0.2) is 4.98 Å². The van der Waals surface area contributed by atoms with Crippen LogP contribution in [-0.4, -0.2) is 20.5 Å². The highest BCUT2D eigenvalue weighted by Crippen LogP contribution is 2.15. The van der Waals surface area contributed by atoms with Gasteiger partial charge in [-0.3, -0.25) is 9.48 Å². The number of carbonyl (C=O) groups excluding carboxylic acids is 1. The topological polar surface area (TPSA) is 99.8 Å². The normalized spacial score (nSPS) is 12.3. The molecule has 1 unspecified atom stereocenters. The highest BCUT2D eigenvalue weighted by atomic mass is 16.1. The van der Waals surface area contributed by atoms with Gasteiger partial charge in [0, 0.05) is 37.0 Å². The number of aromatic nitrogens is 3. The van der Waals surface area contributed by atoms with Gasteiger partial charge in [-0.1, -0.05) is 6.07 Å². The number of hydrogen-bond acceptors (Lipinski definition) is 5. The predicted molar refractivity (Wildman–Crippen MR) is 67.5 cm³/mol. The first-order chi connectivity index (χ1) is 8.58. The summed E-state index contributed by atoms with van der Waals surface area (Å²) in [4.78, 5) is 16.0. The molecule has 0 amide bonds. The van der Waals surface area contributed by atoms with Crippen LogP contribution < -0.4 is 11.5 Å². The van der Waals surface area contributed by atoms with Crippen molar-refractivity contribution in [3.05, 3.63) is 41.9 Å². The summed E-state index contributed by atoms with van der Waals surface area (Å²) in [6.07, 6.45) is 5.09. The standard InChI is InChI=1S/C12H15N5O/c1-17-7-9(6-16-17)11(13)10(18)5-8-3-2-4-15-12(8)14/h2-4,6-7,11H,5,13H2,1H3,(H2,14,15). The van der Waals surface area contributed by atoms with Crippen LogP contribution in [0.2, 0.25) is 0 Å². The summed E-state index contributed by atoms with van der Waals surface area (Å²) in [7, 11) is 1.78. The van der Waals surface area contributed by atoms with Crippen LogP contribution in [-0.2, 0) is 18.3 Å². The molecule has 0 fully saturated rings. The van der Waals surface area contributed by atoms with Crippen LogP contribution >= 0.6 is 0 Å². The van der Waals surface area contributed by atoms with Crippen molar-refractivity contribution in [2.45, 2.75) is 12.5 Å². The number of nitrogens with two attached hydrogens (primary N) is 2. The van der Waals surface area contributed by atoms with Gasteiger partial charge in [0.25, 0.3) is 0 Å². The SMILES string of the molecule is Cn1cc(C(N)C(=O)Cc2cccnc2N)cn1. The summed E-state index contributed by atoms with van der Waals surface area (Å²) in [6, 6.07) is 2.84. The number of carbonyl (C=O) groups is 1. The number of hydrogen-bond donors (Lipinski definition) is 2. The minimum absolute atomic E-state index is 0.109. The smallest absolute Gasteiger partial charge is 0.158 e. The van der Waals surface area contributed by atoms with Crippen LogP contribution in [0.15, 0.2) is 30.7 Å². The zero-order chi connectivity index (χ0) is 13.1. The maximum absolute atomic E-state index is 12.0. The Hall–Kier alpha value is -2.21. The molecule has 1 atom stereocenters. The second-order valence-electron chi connectivity index (χ2n) is 4.12. The van der Waals surface area contributed by atoms with E-state index in [0.29, 0.717) is 16.9 Å². The number of Topliss-reactive ketones (excluding diaryl/α,β-unsaturated/α-hetero) is 1. The number of anilines is 1. The maximum atomic E-state index is 12.0. The molecule has 0 bridgehead atoms. The molecule has 2 aromatic rings. The average molecular weight is 245 g/mol. The number of pyridine rings is 1. The van der Waals surface area contributed by atoms with Gasteiger partial charge in [-0.15, -0.1) is 0 Å². The fourth-order valence-corrected chi connectivity index (χ4v) is 1.68. The van der Waals surface area contributed by atoms with Crippen molar-refractivity contribution in [2.24, 2.45) is 12.8 Å². The number of nitrogens with zero attached hydrogens (tertiary/aromatic N) is 3. The molecule has 6 nitrogen and oxygen atoms in total. The van der Waals surface area contributed by atoms with E-state index in [2.05, 4.69) is 10.1 Å². The van der Waals surface area contributed by atoms with Crippen molar-refractivity contribution in [2.75, 3.05) is 5.73 Å². The Labute approximate surface area is 105 Å². The van der Waals surface area contributed by atoms with E-state index in [-0.39, 0.29) is 12.2 Å². The summed E-state index contributed by atoms with van der Waals surface area (Å²) in [5.41, 5.74) is 13.0. The van der Waals surface area contributed by atoms with Crippen molar-refractivity contribution < 1.29 is 4.79 Å². The van der Waals surface area contributed by atoms with Crippen LogP contribution in [0.5, 0.6) is 0 Å². The van der Waals surface area contributed by atoms with Gasteiger partial charge in [0.05, 0.1) is 12.2 Å². The van der Waals surface area contributed by atoms with Crippen molar-refractivity contribution in [1.29, 1.82) is 0 Å². The third kappa shape index (κ3) is 2.54. The van der Waals surface area contributed by atoms with Gasteiger partial charge < -0.3 is 11.5 Å². The van der Waals surface area contributed by atoms with Crippen LogP contribution in [0.25, 0.3) is 0 Å². The zero-order valence-electron chi connectivity index (χ0n) is 10.1. The van der Waals surface area contributed by atoms with Crippen LogP contribution in [0, 0.1) is 0 Å². The lowest BCUT2D eigenvalue weighted by Crippen LogP contribution is -2.23. The third-order valence-corrected chi connectivity index (χ3v) is 2.72. The Morgan fingerprint density at radius 3 is 2.94 bits per heavy atom. The number of ketones is 1. The summed E-state index contributed by atoms with van der Waals surface area (Å²) >= 11 is 0. The molecule has 2 rings (SSSR count). The van der Waals surface area contributed by atoms with Gasteiger partial charge in [0.1, 0.15) is 5.82 Å². The summed E-state index contributed by atoms with van der Waals surface area (Å²) in [5, 5.41) is 3.99. The highest BCUT2D eigenvalue weighted by molar-refractivity contribution is 5.87. The molecule has 6 heteroatoms. The molecule has 0 aliphatic rings. The lowest BCUT2D eigenvalue weighted by molar-refractivity contribution is -0.119. The Morgan fingerprint density at radius 1 is 1.56 bits per heavy atom. The minimum Gasteiger partial charge on any atom is -0.383 e. The fourth-order valence-electron chi connectivity index (χ4n) is 1.68. The van der Waals surface area contributed by atoms with Gasteiger partial charge in [0.2, 0.25) is 0 Å². The molecule has 4 N–H and O–H groups in total. The molecule has 0 saturated heterocycles. The van der Waals surface area contributed by atoms with Crippen LogP contribution in [0.3, 0.4) is 0 Å². The van der Waals surface area contributed by atoms with Gasteiger partial charge in [0.15, 0.2) is 5.78 Å². The van der Waals surface area contributed by atoms with E-state index in [4.69, 9.17) is 11.5 Å². The molecule has 0 aromatic carbocycles. The first-order valence-electron chi connectivity index (χ1n) is 5.54. The molecule has 94 valence electrons. The Balaban J connectivity index is 2.11. The summed E-state index contributed by atoms with van der Waals surface area (Å²) in [5.74, 6) is 0.256. The number of aryl methyl sites for hydroxylation is 1. The molecule has 0 aliphatic carbocycles. The Kier molecular flexibility index (Phi) is 3.38. The molecule has 0 radical (unpaired) electrons. The summed E-state index contributed by atoms with van der Waals surface area (Å²) in [6.45, 7) is 0. The van der Waals surface area contributed by atoms with Crippen molar-refractivity contribution >= 4 is 11.6 Å². The first kappa shape index (κ1) is 12.3. The summed E-state index contributed by atoms with van der Waals surface area (Å²) < 4.78 is 1.61. The minimum atomic E-state index is -0.682. The maximum Gasteiger partial charge on any atom is 0.158 e. The third-order valence-electron chi connectivity index (χ3n) is 2.72. The second kappa shape index (κ2) is 4.97. The molecular formula is C12H15N5O. The van der Waals surface area contributed by atoms with E-state index >= 15 is 0 Å². The largest absolute Gasteiger partial charge is 0.383 e. The van der Waals surface area contributed by atoms with Crippen LogP contribution in [0.1, 0.15) is 17.2 Å². The van der Waals surface area contributed by atoms with E-state index in [1.807, 2.05) is 0 Å². The van der Waals surface area contributed by atoms with E-state index in [1.54, 1.807) is 42.5 Å². The van der Waals surface area contributed by atoms with E-state index in [9.17, 15) is 4.79 Å². The zero-order valence-corrected chi connectivity index (χ0v) is 10.1. The van der Waals surface area contributed by atoms with Gasteiger partial charge in [-0.2, -0.15) is 5.10 Å². The monoisotopic (exact) mass is 245 g/mol. The highest BCUT2D eigenvalue weighted by Gasteiger charge is 2.18. The molecule has 0 saturated carbocycles. The van der Waals surface area contributed by atoms with Crippen molar-refractivity contribution in [3.63, 3.8) is 0 Å². The second-order valence-corrected chi connectivity index (χ2v) is 4.12. The molecular weight excluding hydrogens is 230 g/mol. The van der Waals surface area contributed by atoms with Crippen molar-refractivity contribution in [3.8, 4) is 0 Å². The first-order valence-corrected chi connectivity index (χ1v) is 5.54. The predicted octanol–water partition coefficient (Wildman–Crippen LogP) is 0.209. The molecule has 0 aliphatic heterocycles. The average Bonchev–Trinajstić information content (AvgIpc) is 2.78. The lowest BCUT2D eigenvalue weighted by Gasteiger charge is -2.09. The van der Waals surface area contributed by atoms with Gasteiger partial charge >= 0.3 is 0 Å². The van der Waals surface area contributed by atoms with Crippen LogP contribution in [0.4, 0.5) is 5.82 Å². The number of rotatable bonds is 4. The van der Waals surface area contributed by atoms with E-state index < -0.39 is 6.04 Å². The Bertz CT molecular complexity index is 563. The van der Waals surface area contributed by atoms with Crippen molar-refractivity contribution in [1.82, 2.24) is 14.8 Å². The molecule has 18 heavy (non-hydrogen) atoms. The van der Waals surface area contributed by atoms with E-state index in [0.717, 1.165) is 0 Å². The van der Waals surface area contributed by atoms with Gasteiger partial charge in [-0.05, 0) is 6.07 Å². The number of nitrogen functional groups attached to an aromatic ring is 1. The quantitative estimate of drug-likeness (QED) is 0.802. The molecule has 2 aromatic heterocycles. The molecule has 0 spiro atoms. The lowest BCUT2D eigenvalue weighted by atomic mass is 10.0. The van der Waals surface area contributed by atoms with E-state index in [1.165, 1.54) is 0 Å². The fraction of sp³-hybridized carbons (Fsp3) is 0.250. The molecule has 2 heterocycles.